The molecule has 2 N–H and O–H groups in total. The zero-order valence-electron chi connectivity index (χ0n) is 9.65. The maximum absolute atomic E-state index is 6.11. The summed E-state index contributed by atoms with van der Waals surface area (Å²) in [5.41, 5.74) is 7.30. The molecular weight excluding hydrogens is 170 g/mol. The van der Waals surface area contributed by atoms with E-state index in [0.29, 0.717) is 10.8 Å². The van der Waals surface area contributed by atoms with Crippen molar-refractivity contribution in [2.24, 2.45) is 16.6 Å². The van der Waals surface area contributed by atoms with Crippen LogP contribution in [0.1, 0.15) is 64.7 Å². The average Bonchev–Trinajstić information content (AvgIpc) is 2.18. The first kappa shape index (κ1) is 10.5. The van der Waals surface area contributed by atoms with Crippen LogP contribution in [0.25, 0.3) is 0 Å². The molecular formula is C13H25N. The summed E-state index contributed by atoms with van der Waals surface area (Å²) in [5.74, 6) is 0. The minimum absolute atomic E-state index is 0.540. The topological polar surface area (TPSA) is 26.0 Å². The van der Waals surface area contributed by atoms with Gasteiger partial charge in [-0.15, -0.1) is 0 Å². The van der Waals surface area contributed by atoms with Gasteiger partial charge in [-0.05, 0) is 49.5 Å². The normalized spacial score (nSPS) is 29.6. The summed E-state index contributed by atoms with van der Waals surface area (Å²) < 4.78 is 0. The lowest BCUT2D eigenvalue weighted by Crippen LogP contribution is -2.51. The zero-order valence-corrected chi connectivity index (χ0v) is 9.65. The molecule has 1 heteroatoms. The Balaban J connectivity index is 2.16. The highest BCUT2D eigenvalue weighted by atomic mass is 14.7. The molecule has 82 valence electrons. The van der Waals surface area contributed by atoms with Crippen LogP contribution in [0.2, 0.25) is 0 Å². The van der Waals surface area contributed by atoms with E-state index in [9.17, 15) is 0 Å². The van der Waals surface area contributed by atoms with Crippen LogP contribution in [0.15, 0.2) is 0 Å². The molecule has 0 amide bonds. The van der Waals surface area contributed by atoms with Crippen molar-refractivity contribution in [3.8, 4) is 0 Å². The fourth-order valence-electron chi connectivity index (χ4n) is 4.04. The Morgan fingerprint density at radius 2 is 1.43 bits per heavy atom. The summed E-state index contributed by atoms with van der Waals surface area (Å²) in [7, 11) is 0. The molecule has 0 saturated heterocycles. The maximum Gasteiger partial charge on any atom is -0.00152 e. The van der Waals surface area contributed by atoms with Crippen molar-refractivity contribution in [3.63, 3.8) is 0 Å². The Morgan fingerprint density at radius 3 is 1.79 bits per heavy atom. The monoisotopic (exact) mass is 195 g/mol. The lowest BCUT2D eigenvalue weighted by Gasteiger charge is -2.58. The highest BCUT2D eigenvalue weighted by Gasteiger charge is 2.52. The van der Waals surface area contributed by atoms with Gasteiger partial charge in [0, 0.05) is 0 Å². The molecule has 1 nitrogen and oxygen atoms in total. The van der Waals surface area contributed by atoms with E-state index in [1.807, 2.05) is 0 Å². The van der Waals surface area contributed by atoms with Gasteiger partial charge in [0.2, 0.25) is 0 Å². The SMILES string of the molecule is CCC1(C2(CN)CCCCC2)CCC1. The Bertz CT molecular complexity index is 182. The van der Waals surface area contributed by atoms with Crippen molar-refractivity contribution in [2.45, 2.75) is 64.7 Å². The summed E-state index contributed by atoms with van der Waals surface area (Å²) in [6.07, 6.45) is 12.9. The van der Waals surface area contributed by atoms with Gasteiger partial charge in [-0.3, -0.25) is 0 Å². The largest absolute Gasteiger partial charge is 0.330 e. The minimum atomic E-state index is 0.540. The first-order valence-electron chi connectivity index (χ1n) is 6.49. The Kier molecular flexibility index (Phi) is 2.88. The van der Waals surface area contributed by atoms with E-state index in [4.69, 9.17) is 5.73 Å². The first-order valence-corrected chi connectivity index (χ1v) is 6.49. The van der Waals surface area contributed by atoms with Gasteiger partial charge in [0.15, 0.2) is 0 Å². The van der Waals surface area contributed by atoms with Gasteiger partial charge < -0.3 is 5.73 Å². The Labute approximate surface area is 88.4 Å². The third-order valence-corrected chi connectivity index (χ3v) is 5.31. The van der Waals surface area contributed by atoms with E-state index in [1.54, 1.807) is 0 Å². The molecule has 0 bridgehead atoms. The quantitative estimate of drug-likeness (QED) is 0.733. The second kappa shape index (κ2) is 3.84. The van der Waals surface area contributed by atoms with Crippen molar-refractivity contribution in [1.82, 2.24) is 0 Å². The number of nitrogens with two attached hydrogens (primary N) is 1. The van der Waals surface area contributed by atoms with Crippen molar-refractivity contribution in [3.05, 3.63) is 0 Å². The number of rotatable bonds is 3. The molecule has 0 aliphatic heterocycles. The van der Waals surface area contributed by atoms with Gasteiger partial charge in [-0.25, -0.2) is 0 Å². The van der Waals surface area contributed by atoms with Gasteiger partial charge in [0.1, 0.15) is 0 Å². The van der Waals surface area contributed by atoms with Crippen molar-refractivity contribution >= 4 is 0 Å². The second-order valence-corrected chi connectivity index (χ2v) is 5.53. The van der Waals surface area contributed by atoms with Gasteiger partial charge in [-0.2, -0.15) is 0 Å². The molecule has 0 spiro atoms. The van der Waals surface area contributed by atoms with E-state index >= 15 is 0 Å². The maximum atomic E-state index is 6.11. The first-order chi connectivity index (χ1) is 6.79. The smallest absolute Gasteiger partial charge is 0.00152 e. The predicted molar refractivity (Wildman–Crippen MR) is 61.1 cm³/mol. The molecule has 0 aromatic carbocycles. The van der Waals surface area contributed by atoms with E-state index < -0.39 is 0 Å². The third-order valence-electron chi connectivity index (χ3n) is 5.31. The number of hydrogen-bond acceptors (Lipinski definition) is 1. The van der Waals surface area contributed by atoms with E-state index in [-0.39, 0.29) is 0 Å². The van der Waals surface area contributed by atoms with Crippen molar-refractivity contribution < 1.29 is 0 Å². The van der Waals surface area contributed by atoms with Gasteiger partial charge in [0.25, 0.3) is 0 Å². The molecule has 0 heterocycles. The molecule has 2 saturated carbocycles. The lowest BCUT2D eigenvalue weighted by atomic mass is 9.48. The van der Waals surface area contributed by atoms with E-state index in [1.165, 1.54) is 57.8 Å². The molecule has 2 aliphatic rings. The van der Waals surface area contributed by atoms with Crippen molar-refractivity contribution in [2.75, 3.05) is 6.54 Å². The van der Waals surface area contributed by atoms with Gasteiger partial charge >= 0.3 is 0 Å². The van der Waals surface area contributed by atoms with Crippen LogP contribution in [0.3, 0.4) is 0 Å². The van der Waals surface area contributed by atoms with Crippen LogP contribution >= 0.6 is 0 Å². The highest BCUT2D eigenvalue weighted by molar-refractivity contribution is 5.03. The molecule has 2 fully saturated rings. The predicted octanol–water partition coefficient (Wildman–Crippen LogP) is 3.48. The molecule has 0 unspecified atom stereocenters. The van der Waals surface area contributed by atoms with Crippen LogP contribution in [0, 0.1) is 10.8 Å². The summed E-state index contributed by atoms with van der Waals surface area (Å²) in [4.78, 5) is 0. The average molecular weight is 195 g/mol. The molecule has 0 aromatic rings. The Morgan fingerprint density at radius 1 is 0.857 bits per heavy atom. The molecule has 2 aliphatic carbocycles. The van der Waals surface area contributed by atoms with Crippen LogP contribution in [0.4, 0.5) is 0 Å². The zero-order chi connectivity index (χ0) is 10.1. The highest BCUT2D eigenvalue weighted by Crippen LogP contribution is 2.61. The fraction of sp³-hybridized carbons (Fsp3) is 1.00. The molecule has 0 aromatic heterocycles. The Hall–Kier alpha value is -0.0400. The molecule has 2 rings (SSSR count). The number of hydrogen-bond donors (Lipinski definition) is 1. The van der Waals surface area contributed by atoms with Crippen LogP contribution in [-0.4, -0.2) is 6.54 Å². The van der Waals surface area contributed by atoms with E-state index in [0.717, 1.165) is 6.54 Å². The molecule has 14 heavy (non-hydrogen) atoms. The summed E-state index contributed by atoms with van der Waals surface area (Å²) in [5, 5.41) is 0. The summed E-state index contributed by atoms with van der Waals surface area (Å²) in [6.45, 7) is 3.33. The second-order valence-electron chi connectivity index (χ2n) is 5.53. The van der Waals surface area contributed by atoms with Crippen LogP contribution < -0.4 is 5.73 Å². The van der Waals surface area contributed by atoms with Gasteiger partial charge in [-0.1, -0.05) is 32.6 Å². The fourth-order valence-corrected chi connectivity index (χ4v) is 4.04. The lowest BCUT2D eigenvalue weighted by molar-refractivity contribution is -0.0639. The van der Waals surface area contributed by atoms with Crippen LogP contribution in [-0.2, 0) is 0 Å². The van der Waals surface area contributed by atoms with Crippen molar-refractivity contribution in [1.29, 1.82) is 0 Å². The summed E-state index contributed by atoms with van der Waals surface area (Å²) in [6, 6.07) is 0. The van der Waals surface area contributed by atoms with Gasteiger partial charge in [0.05, 0.1) is 0 Å². The van der Waals surface area contributed by atoms with Crippen LogP contribution in [0.5, 0.6) is 0 Å². The minimum Gasteiger partial charge on any atom is -0.330 e. The standard InChI is InChI=1S/C13H25N/c1-2-12(9-6-10-12)13(11-14)7-4-3-5-8-13/h2-11,14H2,1H3. The van der Waals surface area contributed by atoms with E-state index in [2.05, 4.69) is 6.92 Å². The third kappa shape index (κ3) is 1.32. The molecule has 0 radical (unpaired) electrons. The molecule has 0 atom stereocenters. The summed E-state index contributed by atoms with van der Waals surface area (Å²) >= 11 is 0.